The number of nitrogens with zero attached hydrogens (tertiary/aromatic N) is 1. The molecule has 0 radical (unpaired) electrons. The van der Waals surface area contributed by atoms with Gasteiger partial charge in [-0.2, -0.15) is 4.31 Å². The summed E-state index contributed by atoms with van der Waals surface area (Å²) in [6.45, 7) is 0.516. The van der Waals surface area contributed by atoms with E-state index in [0.29, 0.717) is 6.42 Å². The van der Waals surface area contributed by atoms with E-state index in [9.17, 15) is 8.42 Å². The van der Waals surface area contributed by atoms with Crippen molar-refractivity contribution < 1.29 is 13.5 Å². The van der Waals surface area contributed by atoms with E-state index < -0.39 is 10.0 Å². The summed E-state index contributed by atoms with van der Waals surface area (Å²) in [6, 6.07) is 18.1. The Kier molecular flexibility index (Phi) is 6.52. The molecule has 2 rings (SSSR count). The maximum atomic E-state index is 12.7. The monoisotopic (exact) mass is 331 g/mol. The second-order valence-corrected chi connectivity index (χ2v) is 7.00. The highest BCUT2D eigenvalue weighted by atomic mass is 32.2. The number of rotatable bonds is 8. The molecule has 5 heteroatoms. The van der Waals surface area contributed by atoms with Gasteiger partial charge in [0.2, 0.25) is 10.0 Å². The Labute approximate surface area is 137 Å². The van der Waals surface area contributed by atoms with Crippen molar-refractivity contribution in [2.45, 2.75) is 11.3 Å². The summed E-state index contributed by atoms with van der Waals surface area (Å²) in [5.41, 5.74) is 1.02. The minimum atomic E-state index is -3.56. The Morgan fingerprint density at radius 3 is 2.17 bits per heavy atom. The van der Waals surface area contributed by atoms with Crippen molar-refractivity contribution in [3.8, 4) is 0 Å². The van der Waals surface area contributed by atoms with Gasteiger partial charge in [0.25, 0.3) is 0 Å². The van der Waals surface area contributed by atoms with Crippen LogP contribution in [-0.4, -0.2) is 37.5 Å². The highest BCUT2D eigenvalue weighted by Crippen LogP contribution is 2.15. The topological polar surface area (TPSA) is 57.6 Å². The summed E-state index contributed by atoms with van der Waals surface area (Å²) in [5.74, 6) is 0. The molecule has 0 fully saturated rings. The molecule has 0 saturated heterocycles. The minimum absolute atomic E-state index is 0.0385. The van der Waals surface area contributed by atoms with Crippen LogP contribution in [0.15, 0.2) is 71.6 Å². The van der Waals surface area contributed by atoms with E-state index in [2.05, 4.69) is 0 Å². The van der Waals surface area contributed by atoms with Crippen LogP contribution >= 0.6 is 0 Å². The van der Waals surface area contributed by atoms with Crippen LogP contribution in [0.2, 0.25) is 0 Å². The van der Waals surface area contributed by atoms with Crippen LogP contribution in [0.4, 0.5) is 0 Å². The zero-order chi connectivity index (χ0) is 16.5. The molecular formula is C18H21NO3S. The van der Waals surface area contributed by atoms with Gasteiger partial charge in [-0.15, -0.1) is 0 Å². The van der Waals surface area contributed by atoms with Gasteiger partial charge in [-0.05, 0) is 24.1 Å². The molecule has 2 aromatic rings. The highest BCUT2D eigenvalue weighted by molar-refractivity contribution is 7.89. The van der Waals surface area contributed by atoms with Crippen LogP contribution in [0.1, 0.15) is 12.0 Å². The predicted molar refractivity (Wildman–Crippen MR) is 92.4 cm³/mol. The molecule has 0 amide bonds. The molecular weight excluding hydrogens is 310 g/mol. The van der Waals surface area contributed by atoms with Gasteiger partial charge in [0.05, 0.1) is 4.90 Å². The third-order valence-electron chi connectivity index (χ3n) is 3.37. The number of sulfonamides is 1. The number of aliphatic hydroxyl groups is 1. The van der Waals surface area contributed by atoms with E-state index >= 15 is 0 Å². The summed E-state index contributed by atoms with van der Waals surface area (Å²) < 4.78 is 26.8. The zero-order valence-electron chi connectivity index (χ0n) is 12.9. The van der Waals surface area contributed by atoms with Gasteiger partial charge >= 0.3 is 0 Å². The van der Waals surface area contributed by atoms with Crippen LogP contribution in [0, 0.1) is 0 Å². The van der Waals surface area contributed by atoms with Crippen molar-refractivity contribution >= 4 is 16.1 Å². The lowest BCUT2D eigenvalue weighted by molar-refractivity contribution is 0.272. The number of hydrogen-bond acceptors (Lipinski definition) is 3. The Balaban J connectivity index is 2.15. The summed E-state index contributed by atoms with van der Waals surface area (Å²) in [6.07, 6.45) is 4.13. The summed E-state index contributed by atoms with van der Waals surface area (Å²) in [5, 5.41) is 9.02. The van der Waals surface area contributed by atoms with Crippen molar-refractivity contribution in [1.29, 1.82) is 0 Å². The van der Waals surface area contributed by atoms with Crippen molar-refractivity contribution in [3.05, 3.63) is 72.3 Å². The summed E-state index contributed by atoms with van der Waals surface area (Å²) in [4.78, 5) is 0.269. The molecule has 4 nitrogen and oxygen atoms in total. The van der Waals surface area contributed by atoms with E-state index in [0.717, 1.165) is 5.56 Å². The lowest BCUT2D eigenvalue weighted by Crippen LogP contribution is -2.32. The van der Waals surface area contributed by atoms with Crippen LogP contribution in [0.5, 0.6) is 0 Å². The Hall–Kier alpha value is -1.95. The van der Waals surface area contributed by atoms with Gasteiger partial charge in [0, 0.05) is 19.7 Å². The molecule has 0 aromatic heterocycles. The lowest BCUT2D eigenvalue weighted by atomic mass is 10.2. The Morgan fingerprint density at radius 1 is 0.957 bits per heavy atom. The second-order valence-electron chi connectivity index (χ2n) is 5.07. The van der Waals surface area contributed by atoms with Gasteiger partial charge < -0.3 is 5.11 Å². The predicted octanol–water partition coefficient (Wildman–Crippen LogP) is 2.77. The van der Waals surface area contributed by atoms with E-state index in [-0.39, 0.29) is 24.6 Å². The molecule has 0 aliphatic heterocycles. The highest BCUT2D eigenvalue weighted by Gasteiger charge is 2.22. The van der Waals surface area contributed by atoms with E-state index in [1.165, 1.54) is 4.31 Å². The van der Waals surface area contributed by atoms with E-state index in [1.54, 1.807) is 30.3 Å². The van der Waals surface area contributed by atoms with Crippen molar-refractivity contribution in [2.24, 2.45) is 0 Å². The first-order valence-corrected chi connectivity index (χ1v) is 8.96. The number of benzene rings is 2. The van der Waals surface area contributed by atoms with Crippen LogP contribution in [-0.2, 0) is 10.0 Å². The molecule has 0 spiro atoms. The van der Waals surface area contributed by atoms with Crippen LogP contribution < -0.4 is 0 Å². The zero-order valence-corrected chi connectivity index (χ0v) is 13.7. The fourth-order valence-corrected chi connectivity index (χ4v) is 3.62. The van der Waals surface area contributed by atoms with Gasteiger partial charge in [0.15, 0.2) is 0 Å². The molecule has 0 aliphatic rings. The molecule has 1 N–H and O–H groups in total. The average Bonchev–Trinajstić information content (AvgIpc) is 2.59. The van der Waals surface area contributed by atoms with Gasteiger partial charge in [-0.25, -0.2) is 8.42 Å². The van der Waals surface area contributed by atoms with E-state index in [1.807, 2.05) is 42.5 Å². The normalized spacial score (nSPS) is 12.1. The molecule has 0 aliphatic carbocycles. The largest absolute Gasteiger partial charge is 0.396 e. The van der Waals surface area contributed by atoms with Gasteiger partial charge in [-0.1, -0.05) is 60.7 Å². The van der Waals surface area contributed by atoms with Crippen LogP contribution in [0.25, 0.3) is 6.08 Å². The fourth-order valence-electron chi connectivity index (χ4n) is 2.17. The SMILES string of the molecule is O=S(=O)(c1ccccc1)N(C/C=C/c1ccccc1)CCCO. The molecule has 0 atom stereocenters. The second kappa shape index (κ2) is 8.62. The van der Waals surface area contributed by atoms with Gasteiger partial charge in [0.1, 0.15) is 0 Å². The smallest absolute Gasteiger partial charge is 0.243 e. The lowest BCUT2D eigenvalue weighted by Gasteiger charge is -2.20. The van der Waals surface area contributed by atoms with E-state index in [4.69, 9.17) is 5.11 Å². The fraction of sp³-hybridized carbons (Fsp3) is 0.222. The molecule has 0 unspecified atom stereocenters. The summed E-state index contributed by atoms with van der Waals surface area (Å²) in [7, 11) is -3.56. The molecule has 2 aromatic carbocycles. The van der Waals surface area contributed by atoms with Crippen molar-refractivity contribution in [3.63, 3.8) is 0 Å². The molecule has 0 bridgehead atoms. The van der Waals surface area contributed by atoms with Crippen LogP contribution in [0.3, 0.4) is 0 Å². The Bertz CT molecular complexity index is 712. The summed E-state index contributed by atoms with van der Waals surface area (Å²) >= 11 is 0. The van der Waals surface area contributed by atoms with Gasteiger partial charge in [-0.3, -0.25) is 0 Å². The molecule has 122 valence electrons. The number of aliphatic hydroxyl groups excluding tert-OH is 1. The molecule has 0 heterocycles. The third kappa shape index (κ3) is 5.03. The number of hydrogen-bond donors (Lipinski definition) is 1. The maximum Gasteiger partial charge on any atom is 0.243 e. The first-order valence-electron chi connectivity index (χ1n) is 7.52. The first kappa shape index (κ1) is 17.4. The standard InChI is InChI=1S/C18H21NO3S/c20-16-8-15-19(14-7-11-17-9-3-1-4-10-17)23(21,22)18-12-5-2-6-13-18/h1-7,9-13,20H,8,14-16H2/b11-7+. The minimum Gasteiger partial charge on any atom is -0.396 e. The quantitative estimate of drug-likeness (QED) is 0.809. The average molecular weight is 331 g/mol. The third-order valence-corrected chi connectivity index (χ3v) is 5.24. The molecule has 23 heavy (non-hydrogen) atoms. The first-order chi connectivity index (χ1) is 11.1. The molecule has 0 saturated carbocycles. The van der Waals surface area contributed by atoms with Crippen molar-refractivity contribution in [2.75, 3.05) is 19.7 Å². The Morgan fingerprint density at radius 2 is 1.57 bits per heavy atom. The maximum absolute atomic E-state index is 12.7. The van der Waals surface area contributed by atoms with Crippen molar-refractivity contribution in [1.82, 2.24) is 4.31 Å².